The molecule has 0 aliphatic carbocycles. The monoisotopic (exact) mass is 426 g/mol. The van der Waals surface area contributed by atoms with Gasteiger partial charge >= 0.3 is 0 Å². The molecule has 2 heterocycles. The number of hydrogen-bond acceptors (Lipinski definition) is 6. The SMILES string of the molecule is OC[C@H]1OC(Cl)(c2ccccc2)O[C@H]2COC(Cl)(c3ccccc3)O[C@H]2[C@@H]1O. The van der Waals surface area contributed by atoms with Crippen LogP contribution in [0.3, 0.4) is 0 Å². The van der Waals surface area contributed by atoms with Gasteiger partial charge in [0, 0.05) is 11.1 Å². The first-order valence-corrected chi connectivity index (χ1v) is 9.66. The van der Waals surface area contributed by atoms with Crippen LogP contribution >= 0.6 is 23.2 Å². The van der Waals surface area contributed by atoms with E-state index < -0.39 is 41.5 Å². The second kappa shape index (κ2) is 7.89. The lowest BCUT2D eigenvalue weighted by atomic mass is 10.0. The van der Waals surface area contributed by atoms with Crippen LogP contribution in [-0.4, -0.2) is 47.8 Å². The predicted molar refractivity (Wildman–Crippen MR) is 102 cm³/mol. The molecule has 6 atom stereocenters. The molecule has 0 saturated carbocycles. The quantitative estimate of drug-likeness (QED) is 0.734. The Bertz CT molecular complexity index is 794. The van der Waals surface area contributed by atoms with E-state index in [0.29, 0.717) is 11.1 Å². The van der Waals surface area contributed by atoms with E-state index in [9.17, 15) is 10.2 Å². The van der Waals surface area contributed by atoms with Crippen LogP contribution in [0.2, 0.25) is 0 Å². The van der Waals surface area contributed by atoms with Crippen LogP contribution in [0, 0.1) is 0 Å². The molecular formula is C20H20Cl2O6. The third-order valence-corrected chi connectivity index (χ3v) is 5.64. The zero-order chi connectivity index (χ0) is 19.8. The van der Waals surface area contributed by atoms with Crippen molar-refractivity contribution in [2.75, 3.05) is 13.2 Å². The largest absolute Gasteiger partial charge is 0.394 e. The van der Waals surface area contributed by atoms with Crippen molar-refractivity contribution in [2.45, 2.75) is 34.9 Å². The first-order valence-electron chi connectivity index (χ1n) is 8.90. The van der Waals surface area contributed by atoms with E-state index in [-0.39, 0.29) is 6.61 Å². The van der Waals surface area contributed by atoms with Gasteiger partial charge in [-0.2, -0.15) is 0 Å². The van der Waals surface area contributed by atoms with Crippen LogP contribution in [0.25, 0.3) is 0 Å². The third-order valence-electron chi connectivity index (χ3n) is 4.83. The second-order valence-corrected chi connectivity index (χ2v) is 7.68. The normalized spacial score (nSPS) is 38.4. The standard InChI is InChI=1S/C20H20Cl2O6/c21-19(13-7-3-1-4-8-13)25-12-16-18(28-19)17(24)15(11-23)26-20(22,27-16)14-9-5-2-6-10-14/h1-10,15-18,23-24H,11-12H2/t15-,16+,17-,18-,19?,20?/m1/s1. The Morgan fingerprint density at radius 2 is 1.43 bits per heavy atom. The number of hydrogen-bond donors (Lipinski definition) is 2. The van der Waals surface area contributed by atoms with Crippen molar-refractivity contribution in [3.05, 3.63) is 71.8 Å². The number of aliphatic hydroxyl groups excluding tert-OH is 2. The first-order chi connectivity index (χ1) is 13.5. The Kier molecular flexibility index (Phi) is 5.66. The van der Waals surface area contributed by atoms with Crippen LogP contribution in [0.1, 0.15) is 11.1 Å². The highest BCUT2D eigenvalue weighted by Gasteiger charge is 2.54. The molecule has 150 valence electrons. The van der Waals surface area contributed by atoms with E-state index in [2.05, 4.69) is 0 Å². The molecule has 2 aliphatic rings. The summed E-state index contributed by atoms with van der Waals surface area (Å²) in [5.41, 5.74) is 1.10. The van der Waals surface area contributed by atoms with Crippen LogP contribution < -0.4 is 0 Å². The van der Waals surface area contributed by atoms with Gasteiger partial charge < -0.3 is 29.2 Å². The summed E-state index contributed by atoms with van der Waals surface area (Å²) in [6.07, 6.45) is -4.01. The van der Waals surface area contributed by atoms with Gasteiger partial charge in [-0.25, -0.2) is 0 Å². The lowest BCUT2D eigenvalue weighted by molar-refractivity contribution is -0.317. The predicted octanol–water partition coefficient (Wildman–Crippen LogP) is 2.64. The van der Waals surface area contributed by atoms with Crippen LogP contribution in [0.5, 0.6) is 0 Å². The van der Waals surface area contributed by atoms with Crippen molar-refractivity contribution in [3.63, 3.8) is 0 Å². The number of benzene rings is 2. The molecule has 4 rings (SSSR count). The summed E-state index contributed by atoms with van der Waals surface area (Å²) in [5.74, 6) is 0. The molecule has 28 heavy (non-hydrogen) atoms. The number of rotatable bonds is 3. The van der Waals surface area contributed by atoms with E-state index in [1.165, 1.54) is 0 Å². The lowest BCUT2D eigenvalue weighted by Crippen LogP contribution is -2.55. The topological polar surface area (TPSA) is 77.4 Å². The summed E-state index contributed by atoms with van der Waals surface area (Å²) in [6.45, 7) is -0.483. The van der Waals surface area contributed by atoms with Crippen LogP contribution in [-0.2, 0) is 29.4 Å². The molecule has 2 aromatic carbocycles. The highest BCUT2D eigenvalue weighted by atomic mass is 35.5. The molecule has 2 aromatic rings. The second-order valence-electron chi connectivity index (χ2n) is 6.68. The molecule has 0 radical (unpaired) electrons. The van der Waals surface area contributed by atoms with Gasteiger partial charge in [0.25, 0.3) is 10.5 Å². The Labute approximate surface area is 172 Å². The molecule has 2 unspecified atom stereocenters. The lowest BCUT2D eigenvalue weighted by Gasteiger charge is -2.42. The van der Waals surface area contributed by atoms with Crippen LogP contribution in [0.4, 0.5) is 0 Å². The maximum absolute atomic E-state index is 10.8. The molecule has 0 aromatic heterocycles. The van der Waals surface area contributed by atoms with Crippen molar-refractivity contribution in [1.82, 2.24) is 0 Å². The molecule has 6 nitrogen and oxygen atoms in total. The maximum atomic E-state index is 10.8. The highest BCUT2D eigenvalue weighted by Crippen LogP contribution is 2.45. The smallest absolute Gasteiger partial charge is 0.277 e. The molecule has 0 bridgehead atoms. The van der Waals surface area contributed by atoms with Crippen LogP contribution in [0.15, 0.2) is 60.7 Å². The zero-order valence-electron chi connectivity index (χ0n) is 14.8. The number of halogens is 2. The minimum Gasteiger partial charge on any atom is -0.394 e. The minimum absolute atomic E-state index is 0.00291. The number of fused-ring (bicyclic) bond motifs is 1. The molecule has 0 amide bonds. The van der Waals surface area contributed by atoms with E-state index >= 15 is 0 Å². The van der Waals surface area contributed by atoms with E-state index in [0.717, 1.165) is 0 Å². The third kappa shape index (κ3) is 3.67. The fourth-order valence-electron chi connectivity index (χ4n) is 3.37. The fraction of sp³-hybridized carbons (Fsp3) is 0.400. The summed E-state index contributed by atoms with van der Waals surface area (Å²) in [5, 5.41) is 17.3. The molecule has 2 fully saturated rings. The fourth-order valence-corrected chi connectivity index (χ4v) is 4.01. The summed E-state index contributed by atoms with van der Waals surface area (Å²) in [7, 11) is 0. The van der Waals surface area contributed by atoms with Gasteiger partial charge in [0.1, 0.15) is 24.4 Å². The zero-order valence-corrected chi connectivity index (χ0v) is 16.3. The summed E-state index contributed by atoms with van der Waals surface area (Å²) in [6, 6.07) is 17.8. The molecular weight excluding hydrogens is 407 g/mol. The van der Waals surface area contributed by atoms with Gasteiger partial charge in [0.05, 0.1) is 13.2 Å². The van der Waals surface area contributed by atoms with Crippen molar-refractivity contribution in [2.24, 2.45) is 0 Å². The first kappa shape index (κ1) is 20.1. The molecule has 2 N–H and O–H groups in total. The number of ether oxygens (including phenoxy) is 4. The van der Waals surface area contributed by atoms with Gasteiger partial charge in [-0.15, -0.1) is 0 Å². The number of alkyl halides is 2. The van der Waals surface area contributed by atoms with Gasteiger partial charge in [0.2, 0.25) is 0 Å². The maximum Gasteiger partial charge on any atom is 0.277 e. The Morgan fingerprint density at radius 3 is 2.00 bits per heavy atom. The van der Waals surface area contributed by atoms with Crippen molar-refractivity contribution in [3.8, 4) is 0 Å². The van der Waals surface area contributed by atoms with Crippen molar-refractivity contribution >= 4 is 23.2 Å². The van der Waals surface area contributed by atoms with Gasteiger partial charge in [-0.3, -0.25) is 0 Å². The Hall–Kier alpha value is -1.22. The van der Waals surface area contributed by atoms with Gasteiger partial charge in [-0.1, -0.05) is 83.9 Å². The van der Waals surface area contributed by atoms with E-state index in [1.54, 1.807) is 48.5 Å². The summed E-state index contributed by atoms with van der Waals surface area (Å²) < 4.78 is 23.5. The summed E-state index contributed by atoms with van der Waals surface area (Å²) in [4.78, 5) is 0. The Balaban J connectivity index is 1.66. The molecule has 2 aliphatic heterocycles. The highest BCUT2D eigenvalue weighted by molar-refractivity contribution is 6.22. The van der Waals surface area contributed by atoms with Gasteiger partial charge in [-0.05, 0) is 0 Å². The average Bonchev–Trinajstić information content (AvgIpc) is 2.84. The molecule has 2 saturated heterocycles. The van der Waals surface area contributed by atoms with Crippen molar-refractivity contribution < 1.29 is 29.2 Å². The average molecular weight is 427 g/mol. The van der Waals surface area contributed by atoms with Crippen molar-refractivity contribution in [1.29, 1.82) is 0 Å². The molecule has 8 heteroatoms. The van der Waals surface area contributed by atoms with Gasteiger partial charge in [0.15, 0.2) is 0 Å². The summed E-state index contributed by atoms with van der Waals surface area (Å²) >= 11 is 13.2. The Morgan fingerprint density at radius 1 is 0.857 bits per heavy atom. The number of aliphatic hydroxyl groups is 2. The van der Waals surface area contributed by atoms with E-state index in [1.807, 2.05) is 12.1 Å². The molecule has 0 spiro atoms. The van der Waals surface area contributed by atoms with E-state index in [4.69, 9.17) is 42.1 Å². The minimum atomic E-state index is -1.72.